The van der Waals surface area contributed by atoms with Crippen molar-refractivity contribution in [2.75, 3.05) is 10.0 Å². The van der Waals surface area contributed by atoms with Gasteiger partial charge in [0.1, 0.15) is 0 Å². The van der Waals surface area contributed by atoms with Crippen LogP contribution in [0.5, 0.6) is 0 Å². The Hall–Kier alpha value is -3.12. The van der Waals surface area contributed by atoms with Crippen molar-refractivity contribution < 1.29 is 13.2 Å². The molecular weight excluding hydrogens is 360 g/mol. The van der Waals surface area contributed by atoms with E-state index < -0.39 is 10.0 Å². The lowest BCUT2D eigenvalue weighted by atomic mass is 10.1. The van der Waals surface area contributed by atoms with Crippen LogP contribution in [0.25, 0.3) is 0 Å². The fourth-order valence-electron chi connectivity index (χ4n) is 2.70. The second-order valence-electron chi connectivity index (χ2n) is 6.22. The topological polar surface area (TPSA) is 75.3 Å². The monoisotopic (exact) mass is 380 g/mol. The Kier molecular flexibility index (Phi) is 5.28. The van der Waals surface area contributed by atoms with Gasteiger partial charge in [-0.1, -0.05) is 36.4 Å². The van der Waals surface area contributed by atoms with E-state index >= 15 is 0 Å². The van der Waals surface area contributed by atoms with Crippen molar-refractivity contribution in [3.05, 3.63) is 89.5 Å². The Balaban J connectivity index is 1.75. The maximum Gasteiger partial charge on any atom is 0.261 e. The molecule has 0 aromatic heterocycles. The van der Waals surface area contributed by atoms with Crippen molar-refractivity contribution in [1.29, 1.82) is 0 Å². The molecule has 0 aliphatic carbocycles. The zero-order valence-corrected chi connectivity index (χ0v) is 15.9. The van der Waals surface area contributed by atoms with Gasteiger partial charge in [-0.15, -0.1) is 0 Å². The standard InChI is InChI=1S/C21H20N2O3S/c1-15-7-6-8-16(2)20(15)22-21(24)17-11-13-18(14-12-17)23-27(25,26)19-9-4-3-5-10-19/h3-14,23H,1-2H3,(H,22,24). The van der Waals surface area contributed by atoms with E-state index in [2.05, 4.69) is 10.0 Å². The fraction of sp³-hybridized carbons (Fsp3) is 0.0952. The molecule has 2 N–H and O–H groups in total. The number of rotatable bonds is 5. The summed E-state index contributed by atoms with van der Waals surface area (Å²) < 4.78 is 27.2. The minimum absolute atomic E-state index is 0.182. The van der Waals surface area contributed by atoms with Gasteiger partial charge in [0, 0.05) is 16.9 Å². The first-order valence-corrected chi connectivity index (χ1v) is 9.90. The van der Waals surface area contributed by atoms with Crippen molar-refractivity contribution in [2.45, 2.75) is 18.7 Å². The highest BCUT2D eigenvalue weighted by Crippen LogP contribution is 2.21. The zero-order chi connectivity index (χ0) is 19.4. The Morgan fingerprint density at radius 2 is 1.37 bits per heavy atom. The number of amides is 1. The van der Waals surface area contributed by atoms with Crippen LogP contribution >= 0.6 is 0 Å². The van der Waals surface area contributed by atoms with E-state index in [1.165, 1.54) is 12.1 Å². The van der Waals surface area contributed by atoms with Crippen LogP contribution in [0.1, 0.15) is 21.5 Å². The minimum Gasteiger partial charge on any atom is -0.322 e. The summed E-state index contributed by atoms with van der Waals surface area (Å²) in [5.74, 6) is -0.245. The Labute approximate surface area is 159 Å². The largest absolute Gasteiger partial charge is 0.322 e. The van der Waals surface area contributed by atoms with Crippen LogP contribution in [-0.4, -0.2) is 14.3 Å². The van der Waals surface area contributed by atoms with E-state index in [9.17, 15) is 13.2 Å². The summed E-state index contributed by atoms with van der Waals surface area (Å²) in [5, 5.41) is 2.91. The predicted molar refractivity (Wildman–Crippen MR) is 108 cm³/mol. The third kappa shape index (κ3) is 4.35. The van der Waals surface area contributed by atoms with Gasteiger partial charge in [-0.2, -0.15) is 0 Å². The minimum atomic E-state index is -3.66. The fourth-order valence-corrected chi connectivity index (χ4v) is 3.78. The molecule has 138 valence electrons. The van der Waals surface area contributed by atoms with Crippen LogP contribution in [0.2, 0.25) is 0 Å². The Bertz CT molecular complexity index is 1040. The first-order chi connectivity index (χ1) is 12.9. The number of anilines is 2. The van der Waals surface area contributed by atoms with E-state index in [0.717, 1.165) is 16.8 Å². The molecule has 0 bridgehead atoms. The average Bonchev–Trinajstić information content (AvgIpc) is 2.66. The van der Waals surface area contributed by atoms with Crippen LogP contribution < -0.4 is 10.0 Å². The molecule has 3 aromatic rings. The van der Waals surface area contributed by atoms with Gasteiger partial charge < -0.3 is 5.32 Å². The number of sulfonamides is 1. The molecule has 1 amide bonds. The molecule has 0 saturated carbocycles. The number of aryl methyl sites for hydroxylation is 2. The summed E-state index contributed by atoms with van der Waals surface area (Å²) >= 11 is 0. The van der Waals surface area contributed by atoms with Crippen LogP contribution in [0, 0.1) is 13.8 Å². The number of benzene rings is 3. The zero-order valence-electron chi connectivity index (χ0n) is 15.1. The third-order valence-corrected chi connectivity index (χ3v) is 5.57. The molecule has 0 saturated heterocycles. The first kappa shape index (κ1) is 18.7. The van der Waals surface area contributed by atoms with E-state index in [0.29, 0.717) is 11.3 Å². The summed E-state index contributed by atoms with van der Waals surface area (Å²) in [6.07, 6.45) is 0. The number of hydrogen-bond acceptors (Lipinski definition) is 3. The first-order valence-electron chi connectivity index (χ1n) is 8.42. The van der Waals surface area contributed by atoms with E-state index in [4.69, 9.17) is 0 Å². The van der Waals surface area contributed by atoms with Crippen LogP contribution in [-0.2, 0) is 10.0 Å². The highest BCUT2D eigenvalue weighted by Gasteiger charge is 2.14. The van der Waals surface area contributed by atoms with Gasteiger partial charge in [0.2, 0.25) is 0 Å². The van der Waals surface area contributed by atoms with Crippen LogP contribution in [0.15, 0.2) is 77.7 Å². The molecule has 0 aliphatic heterocycles. The number of nitrogens with one attached hydrogen (secondary N) is 2. The van der Waals surface area contributed by atoms with E-state index in [1.54, 1.807) is 42.5 Å². The molecule has 0 radical (unpaired) electrons. The van der Waals surface area contributed by atoms with Gasteiger partial charge >= 0.3 is 0 Å². The number of hydrogen-bond donors (Lipinski definition) is 2. The Morgan fingerprint density at radius 3 is 1.96 bits per heavy atom. The molecule has 27 heavy (non-hydrogen) atoms. The van der Waals surface area contributed by atoms with Crippen LogP contribution in [0.3, 0.4) is 0 Å². The lowest BCUT2D eigenvalue weighted by molar-refractivity contribution is 0.102. The predicted octanol–water partition coefficient (Wildman–Crippen LogP) is 4.36. The number of carbonyl (C=O) groups is 1. The van der Waals surface area contributed by atoms with Gasteiger partial charge in [0.05, 0.1) is 4.90 Å². The number of carbonyl (C=O) groups excluding carboxylic acids is 1. The summed E-state index contributed by atoms with van der Waals surface area (Å²) in [5.41, 5.74) is 3.59. The second-order valence-corrected chi connectivity index (χ2v) is 7.90. The lowest BCUT2D eigenvalue weighted by Crippen LogP contribution is -2.15. The summed E-state index contributed by atoms with van der Waals surface area (Å²) in [6.45, 7) is 3.87. The average molecular weight is 380 g/mol. The lowest BCUT2D eigenvalue weighted by Gasteiger charge is -2.12. The van der Waals surface area contributed by atoms with Gasteiger partial charge in [-0.25, -0.2) is 8.42 Å². The maximum absolute atomic E-state index is 12.5. The molecular formula is C21H20N2O3S. The molecule has 3 rings (SSSR count). The van der Waals surface area contributed by atoms with Crippen molar-refractivity contribution >= 4 is 27.3 Å². The summed E-state index contributed by atoms with van der Waals surface area (Å²) in [6, 6.07) is 20.2. The number of para-hydroxylation sites is 1. The highest BCUT2D eigenvalue weighted by atomic mass is 32.2. The highest BCUT2D eigenvalue weighted by molar-refractivity contribution is 7.92. The SMILES string of the molecule is Cc1cccc(C)c1NC(=O)c1ccc(NS(=O)(=O)c2ccccc2)cc1. The van der Waals surface area contributed by atoms with Crippen molar-refractivity contribution in [3.8, 4) is 0 Å². The normalized spacial score (nSPS) is 11.0. The molecule has 5 nitrogen and oxygen atoms in total. The quantitative estimate of drug-likeness (QED) is 0.691. The molecule has 0 fully saturated rings. The molecule has 0 unspecified atom stereocenters. The van der Waals surface area contributed by atoms with Gasteiger partial charge in [-0.05, 0) is 61.4 Å². The molecule has 3 aromatic carbocycles. The summed E-state index contributed by atoms with van der Waals surface area (Å²) in [7, 11) is -3.66. The van der Waals surface area contributed by atoms with Crippen molar-refractivity contribution in [2.24, 2.45) is 0 Å². The van der Waals surface area contributed by atoms with Gasteiger partial charge in [-0.3, -0.25) is 9.52 Å². The van der Waals surface area contributed by atoms with Crippen molar-refractivity contribution in [1.82, 2.24) is 0 Å². The maximum atomic E-state index is 12.5. The summed E-state index contributed by atoms with van der Waals surface area (Å²) in [4.78, 5) is 12.7. The smallest absolute Gasteiger partial charge is 0.261 e. The van der Waals surface area contributed by atoms with E-state index in [1.807, 2.05) is 32.0 Å². The molecule has 6 heteroatoms. The molecule has 0 atom stereocenters. The van der Waals surface area contributed by atoms with Crippen LogP contribution in [0.4, 0.5) is 11.4 Å². The third-order valence-electron chi connectivity index (χ3n) is 4.17. The molecule has 0 spiro atoms. The van der Waals surface area contributed by atoms with E-state index in [-0.39, 0.29) is 10.8 Å². The molecule has 0 aliphatic rings. The molecule has 0 heterocycles. The van der Waals surface area contributed by atoms with Gasteiger partial charge in [0.25, 0.3) is 15.9 Å². The van der Waals surface area contributed by atoms with Gasteiger partial charge in [0.15, 0.2) is 0 Å². The Morgan fingerprint density at radius 1 is 0.778 bits per heavy atom. The second kappa shape index (κ2) is 7.63. The van der Waals surface area contributed by atoms with Crippen molar-refractivity contribution in [3.63, 3.8) is 0 Å².